The second-order valence-corrected chi connectivity index (χ2v) is 9.56. The van der Waals surface area contributed by atoms with E-state index in [1.807, 2.05) is 4.90 Å². The highest BCUT2D eigenvalue weighted by atomic mass is 35.5. The molecule has 0 saturated heterocycles. The van der Waals surface area contributed by atoms with Crippen LogP contribution in [-0.4, -0.2) is 55.0 Å². The molecule has 0 bridgehead atoms. The molecular formula is C26H27ClN2O3S. The van der Waals surface area contributed by atoms with Crippen molar-refractivity contribution in [3.05, 3.63) is 92.1 Å². The Labute approximate surface area is 203 Å². The Balaban J connectivity index is 1.62. The summed E-state index contributed by atoms with van der Waals surface area (Å²) in [6.45, 7) is 3.27. The number of nitrogens with zero attached hydrogens (tertiary/aromatic N) is 2. The third kappa shape index (κ3) is 5.13. The average molecular weight is 483 g/mol. The van der Waals surface area contributed by atoms with E-state index in [4.69, 9.17) is 16.3 Å². The Bertz CT molecular complexity index is 1130. The van der Waals surface area contributed by atoms with Crippen molar-refractivity contribution in [2.75, 3.05) is 33.4 Å². The molecule has 2 aromatic carbocycles. The molecule has 1 aliphatic rings. The number of halogens is 1. The molecule has 1 unspecified atom stereocenters. The van der Waals surface area contributed by atoms with Crippen molar-refractivity contribution in [1.82, 2.24) is 9.80 Å². The third-order valence-electron chi connectivity index (χ3n) is 5.96. The zero-order valence-electron chi connectivity index (χ0n) is 18.8. The van der Waals surface area contributed by atoms with Gasteiger partial charge in [-0.15, -0.1) is 11.3 Å². The van der Waals surface area contributed by atoms with E-state index in [9.17, 15) is 9.59 Å². The van der Waals surface area contributed by atoms with Crippen LogP contribution in [0.2, 0.25) is 5.02 Å². The summed E-state index contributed by atoms with van der Waals surface area (Å²) in [5, 5.41) is 2.46. The van der Waals surface area contributed by atoms with Gasteiger partial charge in [0.2, 0.25) is 5.91 Å². The lowest BCUT2D eigenvalue weighted by molar-refractivity contribution is -0.134. The Morgan fingerprint density at radius 2 is 1.91 bits per heavy atom. The Morgan fingerprint density at radius 1 is 1.15 bits per heavy atom. The zero-order chi connectivity index (χ0) is 23.4. The molecule has 3 aromatic rings. The first-order chi connectivity index (χ1) is 16.0. The standard InChI is InChI=1S/C26H27ClN2O3S/c1-18-7-9-19(10-8-18)25-21-12-16-33-23(21)11-13-29(25)24(30)17-28(14-15-32-2)26(31)20-5-3-4-6-22(20)27/h3-10,12,16,25H,11,13-15,17H2,1-2H3. The first kappa shape index (κ1) is 23.5. The van der Waals surface area contributed by atoms with Crippen LogP contribution in [0.1, 0.15) is 38.0 Å². The minimum absolute atomic E-state index is 0.0325. The Kier molecular flexibility index (Phi) is 7.48. The molecule has 0 N–H and O–H groups in total. The van der Waals surface area contributed by atoms with Gasteiger partial charge in [0.15, 0.2) is 0 Å². The number of carbonyl (C=O) groups is 2. The van der Waals surface area contributed by atoms with E-state index in [0.717, 1.165) is 12.0 Å². The van der Waals surface area contributed by atoms with E-state index >= 15 is 0 Å². The van der Waals surface area contributed by atoms with E-state index in [1.54, 1.807) is 42.7 Å². The maximum absolute atomic E-state index is 13.6. The van der Waals surface area contributed by atoms with Crippen molar-refractivity contribution in [2.45, 2.75) is 19.4 Å². The van der Waals surface area contributed by atoms with Crippen LogP contribution in [0.3, 0.4) is 0 Å². The first-order valence-electron chi connectivity index (χ1n) is 10.9. The summed E-state index contributed by atoms with van der Waals surface area (Å²) in [5.41, 5.74) is 3.81. The molecule has 1 aliphatic heterocycles. The van der Waals surface area contributed by atoms with Crippen molar-refractivity contribution < 1.29 is 14.3 Å². The predicted molar refractivity (Wildman–Crippen MR) is 132 cm³/mol. The number of thiophene rings is 1. The number of rotatable bonds is 7. The van der Waals surface area contributed by atoms with Crippen LogP contribution in [0.4, 0.5) is 0 Å². The van der Waals surface area contributed by atoms with Gasteiger partial charge in [0, 0.05) is 25.1 Å². The second-order valence-electron chi connectivity index (χ2n) is 8.15. The number of ether oxygens (including phenoxy) is 1. The number of benzene rings is 2. The highest BCUT2D eigenvalue weighted by Crippen LogP contribution is 2.38. The van der Waals surface area contributed by atoms with Gasteiger partial charge >= 0.3 is 0 Å². The summed E-state index contributed by atoms with van der Waals surface area (Å²) in [4.78, 5) is 31.6. The smallest absolute Gasteiger partial charge is 0.255 e. The van der Waals surface area contributed by atoms with Gasteiger partial charge in [-0.25, -0.2) is 0 Å². The lowest BCUT2D eigenvalue weighted by Gasteiger charge is -2.37. The van der Waals surface area contributed by atoms with Gasteiger partial charge in [-0.05, 0) is 48.1 Å². The Morgan fingerprint density at radius 3 is 2.64 bits per heavy atom. The van der Waals surface area contributed by atoms with E-state index in [0.29, 0.717) is 30.3 Å². The van der Waals surface area contributed by atoms with Crippen LogP contribution in [0.5, 0.6) is 0 Å². The normalized spacial score (nSPS) is 15.2. The average Bonchev–Trinajstić information content (AvgIpc) is 3.30. The summed E-state index contributed by atoms with van der Waals surface area (Å²) in [6.07, 6.45) is 0.817. The minimum Gasteiger partial charge on any atom is -0.383 e. The van der Waals surface area contributed by atoms with Crippen LogP contribution in [0.25, 0.3) is 0 Å². The van der Waals surface area contributed by atoms with Crippen molar-refractivity contribution in [3.8, 4) is 0 Å². The molecule has 0 spiro atoms. The monoisotopic (exact) mass is 482 g/mol. The molecule has 4 rings (SSSR count). The van der Waals surface area contributed by atoms with Crippen molar-refractivity contribution >= 4 is 34.8 Å². The summed E-state index contributed by atoms with van der Waals surface area (Å²) in [5.74, 6) is -0.361. The molecule has 2 heterocycles. The van der Waals surface area contributed by atoms with Gasteiger partial charge < -0.3 is 14.5 Å². The predicted octanol–water partition coefficient (Wildman–Crippen LogP) is 4.97. The molecule has 0 fully saturated rings. The number of carbonyl (C=O) groups excluding carboxylic acids is 2. The highest BCUT2D eigenvalue weighted by molar-refractivity contribution is 7.10. The van der Waals surface area contributed by atoms with Crippen LogP contribution in [-0.2, 0) is 16.0 Å². The fourth-order valence-corrected chi connectivity index (χ4v) is 5.33. The first-order valence-corrected chi connectivity index (χ1v) is 12.2. The number of amides is 2. The molecule has 33 heavy (non-hydrogen) atoms. The SMILES string of the molecule is COCCN(CC(=O)N1CCc2sccc2C1c1ccc(C)cc1)C(=O)c1ccccc1Cl. The number of hydrogen-bond acceptors (Lipinski definition) is 4. The summed E-state index contributed by atoms with van der Waals surface area (Å²) in [7, 11) is 1.58. The van der Waals surface area contributed by atoms with Gasteiger partial charge in [0.1, 0.15) is 6.54 Å². The van der Waals surface area contributed by atoms with E-state index in [2.05, 4.69) is 42.6 Å². The van der Waals surface area contributed by atoms with E-state index in [-0.39, 0.29) is 24.4 Å². The summed E-state index contributed by atoms with van der Waals surface area (Å²) >= 11 is 8.00. The number of fused-ring (bicyclic) bond motifs is 1. The minimum atomic E-state index is -0.272. The second kappa shape index (κ2) is 10.5. The lowest BCUT2D eigenvalue weighted by Crippen LogP contribution is -2.47. The number of hydrogen-bond donors (Lipinski definition) is 0. The van der Waals surface area contributed by atoms with E-state index in [1.165, 1.54) is 20.9 Å². The van der Waals surface area contributed by atoms with Gasteiger partial charge in [-0.1, -0.05) is 53.6 Å². The molecule has 0 saturated carbocycles. The molecule has 5 nitrogen and oxygen atoms in total. The molecule has 172 valence electrons. The van der Waals surface area contributed by atoms with Gasteiger partial charge in [0.25, 0.3) is 5.91 Å². The lowest BCUT2D eigenvalue weighted by atomic mass is 9.92. The fraction of sp³-hybridized carbons (Fsp3) is 0.308. The maximum atomic E-state index is 13.6. The number of aryl methyl sites for hydroxylation is 1. The highest BCUT2D eigenvalue weighted by Gasteiger charge is 2.34. The molecule has 7 heteroatoms. The quantitative estimate of drug-likeness (QED) is 0.477. The third-order valence-corrected chi connectivity index (χ3v) is 7.29. The maximum Gasteiger partial charge on any atom is 0.255 e. The van der Waals surface area contributed by atoms with Crippen LogP contribution >= 0.6 is 22.9 Å². The summed E-state index contributed by atoms with van der Waals surface area (Å²) < 4.78 is 5.20. The Hall–Kier alpha value is -2.67. The molecule has 0 aliphatic carbocycles. The van der Waals surface area contributed by atoms with Crippen molar-refractivity contribution in [1.29, 1.82) is 0 Å². The number of methoxy groups -OCH3 is 1. The molecule has 1 aromatic heterocycles. The topological polar surface area (TPSA) is 49.9 Å². The van der Waals surface area contributed by atoms with Crippen molar-refractivity contribution in [2.24, 2.45) is 0 Å². The van der Waals surface area contributed by atoms with Gasteiger partial charge in [-0.3, -0.25) is 9.59 Å². The van der Waals surface area contributed by atoms with Gasteiger partial charge in [-0.2, -0.15) is 0 Å². The molecule has 2 amide bonds. The largest absolute Gasteiger partial charge is 0.383 e. The van der Waals surface area contributed by atoms with Gasteiger partial charge in [0.05, 0.1) is 23.2 Å². The zero-order valence-corrected chi connectivity index (χ0v) is 20.4. The van der Waals surface area contributed by atoms with Crippen molar-refractivity contribution in [3.63, 3.8) is 0 Å². The fourth-order valence-electron chi connectivity index (χ4n) is 4.21. The van der Waals surface area contributed by atoms with Crippen LogP contribution < -0.4 is 0 Å². The molecule has 1 atom stereocenters. The summed E-state index contributed by atoms with van der Waals surface area (Å²) in [6, 6.07) is 17.2. The molecule has 0 radical (unpaired) electrons. The van der Waals surface area contributed by atoms with E-state index < -0.39 is 0 Å². The van der Waals surface area contributed by atoms with Crippen LogP contribution in [0.15, 0.2) is 60.0 Å². The molecular weight excluding hydrogens is 456 g/mol. The van der Waals surface area contributed by atoms with Crippen LogP contribution in [0, 0.1) is 6.92 Å².